The molecule has 3 aromatic rings. The molecule has 0 N–H and O–H groups in total. The molecule has 0 radical (unpaired) electrons. The summed E-state index contributed by atoms with van der Waals surface area (Å²) < 4.78 is 0. The number of benzene rings is 2. The smallest absolute Gasteiger partial charge is 0.151 e. The minimum absolute atomic E-state index is 0.153. The lowest BCUT2D eigenvalue weighted by atomic mass is 9.86. The molecule has 2 heterocycles. The second kappa shape index (κ2) is 6.75. The lowest BCUT2D eigenvalue weighted by Crippen LogP contribution is -2.12. The molecule has 1 aliphatic rings. The number of rotatable bonds is 2. The van der Waals surface area contributed by atoms with Crippen LogP contribution in [-0.4, -0.2) is 23.0 Å². The van der Waals surface area contributed by atoms with Gasteiger partial charge >= 0.3 is 0 Å². The van der Waals surface area contributed by atoms with Crippen molar-refractivity contribution in [2.24, 2.45) is 4.99 Å². The molecule has 2 aromatic carbocycles. The molecule has 1 unspecified atom stereocenters. The average Bonchev–Trinajstić information content (AvgIpc) is 2.64. The molecule has 1 aliphatic heterocycles. The second-order valence-corrected chi connectivity index (χ2v) is 7.01. The molecule has 0 aliphatic carbocycles. The number of halogens is 3. The highest BCUT2D eigenvalue weighted by Crippen LogP contribution is 2.35. The van der Waals surface area contributed by atoms with E-state index < -0.39 is 0 Å². The third kappa shape index (κ3) is 3.28. The maximum atomic E-state index is 6.18. The molecule has 3 nitrogen and oxygen atoms in total. The molecule has 1 aromatic heterocycles. The van der Waals surface area contributed by atoms with Gasteiger partial charge in [-0.3, -0.25) is 4.99 Å². The highest BCUT2D eigenvalue weighted by molar-refractivity contribution is 6.42. The first-order chi connectivity index (χ1) is 12.1. The van der Waals surface area contributed by atoms with Gasteiger partial charge in [0.2, 0.25) is 0 Å². The quantitative estimate of drug-likeness (QED) is 0.567. The number of aromatic nitrogens is 2. The third-order valence-corrected chi connectivity index (χ3v) is 5.19. The molecule has 0 saturated carbocycles. The largest absolute Gasteiger partial charge is 0.292 e. The van der Waals surface area contributed by atoms with E-state index in [1.165, 1.54) is 5.56 Å². The number of aliphatic imine (C=N–C) groups is 1. The SMILES string of the molecule is Clc1ccc(-c2ccc3c(c2)C=NCC3c2ccc(Cl)c(Cl)c2)nn1. The van der Waals surface area contributed by atoms with Gasteiger partial charge in [0.05, 0.1) is 15.7 Å². The van der Waals surface area contributed by atoms with Crippen LogP contribution in [0.3, 0.4) is 0 Å². The Hall–Kier alpha value is -1.94. The topological polar surface area (TPSA) is 38.1 Å². The van der Waals surface area contributed by atoms with Gasteiger partial charge in [0.1, 0.15) is 0 Å². The van der Waals surface area contributed by atoms with Crippen molar-refractivity contribution in [1.82, 2.24) is 10.2 Å². The Bertz CT molecular complexity index is 968. The van der Waals surface area contributed by atoms with Crippen molar-refractivity contribution in [3.63, 3.8) is 0 Å². The van der Waals surface area contributed by atoms with Gasteiger partial charge < -0.3 is 0 Å². The first-order valence-corrected chi connectivity index (χ1v) is 8.83. The Morgan fingerprint density at radius 2 is 1.72 bits per heavy atom. The van der Waals surface area contributed by atoms with Gasteiger partial charge in [-0.1, -0.05) is 53.0 Å². The van der Waals surface area contributed by atoms with Gasteiger partial charge in [0, 0.05) is 24.2 Å². The van der Waals surface area contributed by atoms with E-state index in [2.05, 4.69) is 27.3 Å². The number of fused-ring (bicyclic) bond motifs is 1. The molecular weight excluding hydrogens is 377 g/mol. The molecule has 0 amide bonds. The number of nitrogens with zero attached hydrogens (tertiary/aromatic N) is 3. The van der Waals surface area contributed by atoms with Crippen molar-refractivity contribution in [3.8, 4) is 11.3 Å². The molecule has 1 atom stereocenters. The third-order valence-electron chi connectivity index (χ3n) is 4.25. The van der Waals surface area contributed by atoms with Crippen molar-refractivity contribution in [2.75, 3.05) is 6.54 Å². The maximum Gasteiger partial charge on any atom is 0.151 e. The summed E-state index contributed by atoms with van der Waals surface area (Å²) in [6, 6.07) is 15.6. The van der Waals surface area contributed by atoms with Gasteiger partial charge in [0.25, 0.3) is 0 Å². The van der Waals surface area contributed by atoms with Crippen LogP contribution in [0, 0.1) is 0 Å². The predicted octanol–water partition coefficient (Wildman–Crippen LogP) is 5.67. The number of hydrogen-bond donors (Lipinski definition) is 0. The molecule has 6 heteroatoms. The van der Waals surface area contributed by atoms with Crippen LogP contribution < -0.4 is 0 Å². The summed E-state index contributed by atoms with van der Waals surface area (Å²) in [6.07, 6.45) is 1.90. The first-order valence-electron chi connectivity index (χ1n) is 7.70. The zero-order chi connectivity index (χ0) is 17.4. The molecular formula is C19H12Cl3N3. The standard InChI is InChI=1S/C19H12Cl3N3/c20-16-4-2-11(8-17(16)21)15-10-23-9-13-7-12(1-3-14(13)15)18-5-6-19(22)25-24-18/h1-9,15H,10H2. The maximum absolute atomic E-state index is 6.18. The van der Waals surface area contributed by atoms with Gasteiger partial charge in [-0.2, -0.15) is 0 Å². The highest BCUT2D eigenvalue weighted by atomic mass is 35.5. The Labute approximate surface area is 160 Å². The van der Waals surface area contributed by atoms with E-state index in [-0.39, 0.29) is 5.92 Å². The van der Waals surface area contributed by atoms with Crippen molar-refractivity contribution in [1.29, 1.82) is 0 Å². The molecule has 0 spiro atoms. The van der Waals surface area contributed by atoms with Crippen molar-refractivity contribution in [3.05, 3.63) is 80.4 Å². The highest BCUT2D eigenvalue weighted by Gasteiger charge is 2.21. The fourth-order valence-electron chi connectivity index (χ4n) is 3.00. The van der Waals surface area contributed by atoms with Crippen LogP contribution in [-0.2, 0) is 0 Å². The Morgan fingerprint density at radius 3 is 2.48 bits per heavy atom. The van der Waals surface area contributed by atoms with E-state index in [1.807, 2.05) is 36.5 Å². The summed E-state index contributed by atoms with van der Waals surface area (Å²) in [6.45, 7) is 0.686. The molecule has 0 fully saturated rings. The summed E-state index contributed by atoms with van der Waals surface area (Å²) in [5.41, 5.74) is 5.13. The van der Waals surface area contributed by atoms with Crippen LogP contribution in [0.2, 0.25) is 15.2 Å². The van der Waals surface area contributed by atoms with Crippen LogP contribution in [0.1, 0.15) is 22.6 Å². The number of hydrogen-bond acceptors (Lipinski definition) is 3. The average molecular weight is 389 g/mol. The van der Waals surface area contributed by atoms with Crippen LogP contribution >= 0.6 is 34.8 Å². The molecule has 0 saturated heterocycles. The van der Waals surface area contributed by atoms with Crippen LogP contribution in [0.5, 0.6) is 0 Å². The van der Waals surface area contributed by atoms with Crippen molar-refractivity contribution < 1.29 is 0 Å². The van der Waals surface area contributed by atoms with E-state index in [0.29, 0.717) is 21.7 Å². The van der Waals surface area contributed by atoms with E-state index in [9.17, 15) is 0 Å². The minimum Gasteiger partial charge on any atom is -0.292 e. The molecule has 4 rings (SSSR count). The summed E-state index contributed by atoms with van der Waals surface area (Å²) in [5.74, 6) is 0.153. The fourth-order valence-corrected chi connectivity index (χ4v) is 3.41. The van der Waals surface area contributed by atoms with Gasteiger partial charge in [-0.25, -0.2) is 0 Å². The van der Waals surface area contributed by atoms with E-state index in [1.54, 1.807) is 6.07 Å². The van der Waals surface area contributed by atoms with Crippen LogP contribution in [0.15, 0.2) is 53.5 Å². The van der Waals surface area contributed by atoms with Crippen LogP contribution in [0.25, 0.3) is 11.3 Å². The summed E-state index contributed by atoms with van der Waals surface area (Å²) >= 11 is 18.0. The van der Waals surface area contributed by atoms with E-state index >= 15 is 0 Å². The minimum atomic E-state index is 0.153. The summed E-state index contributed by atoms with van der Waals surface area (Å²) in [7, 11) is 0. The van der Waals surface area contributed by atoms with Crippen molar-refractivity contribution in [2.45, 2.75) is 5.92 Å². The molecule has 124 valence electrons. The van der Waals surface area contributed by atoms with Crippen LogP contribution in [0.4, 0.5) is 0 Å². The molecule has 25 heavy (non-hydrogen) atoms. The molecule has 0 bridgehead atoms. The lowest BCUT2D eigenvalue weighted by molar-refractivity contribution is 0.809. The zero-order valence-corrected chi connectivity index (χ0v) is 15.2. The van der Waals surface area contributed by atoms with Crippen molar-refractivity contribution >= 4 is 41.0 Å². The van der Waals surface area contributed by atoms with E-state index in [0.717, 1.165) is 22.4 Å². The normalized spacial score (nSPS) is 15.9. The predicted molar refractivity (Wildman–Crippen MR) is 103 cm³/mol. The fraction of sp³-hybridized carbons (Fsp3) is 0.105. The zero-order valence-electron chi connectivity index (χ0n) is 13.0. The monoisotopic (exact) mass is 387 g/mol. The summed E-state index contributed by atoms with van der Waals surface area (Å²) in [5, 5.41) is 9.53. The summed E-state index contributed by atoms with van der Waals surface area (Å²) in [4.78, 5) is 4.52. The van der Waals surface area contributed by atoms with E-state index in [4.69, 9.17) is 34.8 Å². The Balaban J connectivity index is 1.74. The second-order valence-electron chi connectivity index (χ2n) is 5.81. The van der Waals surface area contributed by atoms with Gasteiger partial charge in [-0.15, -0.1) is 10.2 Å². The Morgan fingerprint density at radius 1 is 0.840 bits per heavy atom. The lowest BCUT2D eigenvalue weighted by Gasteiger charge is -2.22. The van der Waals surface area contributed by atoms with Gasteiger partial charge in [0.15, 0.2) is 5.15 Å². The van der Waals surface area contributed by atoms with Gasteiger partial charge in [-0.05, 0) is 47.0 Å². The Kier molecular flexibility index (Phi) is 4.46. The first kappa shape index (κ1) is 16.5.